The first-order valence-electron chi connectivity index (χ1n) is 10.8. The predicted octanol–water partition coefficient (Wildman–Crippen LogP) is 2.53. The maximum absolute atomic E-state index is 13.5. The number of urea groups is 1. The Morgan fingerprint density at radius 2 is 0.833 bits per heavy atom. The molecule has 0 bridgehead atoms. The van der Waals surface area contributed by atoms with Crippen molar-refractivity contribution in [2.45, 2.75) is 74.5 Å². The zero-order valence-electron chi connectivity index (χ0n) is 19.4. The van der Waals surface area contributed by atoms with E-state index in [1.807, 2.05) is 0 Å². The summed E-state index contributed by atoms with van der Waals surface area (Å²) in [7, 11) is 3.27. The van der Waals surface area contributed by atoms with Gasteiger partial charge in [-0.25, -0.2) is 4.79 Å². The van der Waals surface area contributed by atoms with Gasteiger partial charge in [-0.1, -0.05) is 38.5 Å². The summed E-state index contributed by atoms with van der Waals surface area (Å²) in [6.07, 6.45) is 9.12. The van der Waals surface area contributed by atoms with Gasteiger partial charge >= 0.3 is 23.6 Å². The van der Waals surface area contributed by atoms with Crippen LogP contribution in [0, 0.1) is 0 Å². The van der Waals surface area contributed by atoms with Gasteiger partial charge in [0.05, 0.1) is 0 Å². The van der Waals surface area contributed by atoms with E-state index in [1.54, 1.807) is 42.7 Å². The molecule has 30 heavy (non-hydrogen) atoms. The number of carbonyl (C=O) groups is 1. The molecule has 0 spiro atoms. The Balaban J connectivity index is 2.34. The zero-order valence-corrected chi connectivity index (χ0v) is 21.4. The maximum Gasteiger partial charge on any atom is 0.527 e. The second-order valence-electron chi connectivity index (χ2n) is 8.20. The van der Waals surface area contributed by atoms with E-state index in [-0.39, 0.29) is 6.03 Å². The van der Waals surface area contributed by atoms with Crippen LogP contribution in [-0.2, 0) is 26.6 Å². The van der Waals surface area contributed by atoms with Crippen LogP contribution in [0.5, 0.6) is 0 Å². The average Bonchev–Trinajstić information content (AvgIpc) is 2.78. The van der Waals surface area contributed by atoms with Crippen LogP contribution >= 0.6 is 0 Å². The molecular formula is C19H40N2O7Si2. The molecule has 0 atom stereocenters. The third-order valence-corrected chi connectivity index (χ3v) is 13.7. The predicted molar refractivity (Wildman–Crippen MR) is 117 cm³/mol. The highest BCUT2D eigenvalue weighted by Gasteiger charge is 2.63. The van der Waals surface area contributed by atoms with Crippen molar-refractivity contribution in [2.75, 3.05) is 42.7 Å². The van der Waals surface area contributed by atoms with Crippen molar-refractivity contribution in [3.05, 3.63) is 0 Å². The van der Waals surface area contributed by atoms with Gasteiger partial charge < -0.3 is 37.2 Å². The fraction of sp³-hybridized carbons (Fsp3) is 0.947. The molecule has 0 unspecified atom stereocenters. The molecule has 11 heteroatoms. The quantitative estimate of drug-likeness (QED) is 0.480. The van der Waals surface area contributed by atoms with Crippen LogP contribution in [0.4, 0.5) is 4.79 Å². The summed E-state index contributed by atoms with van der Waals surface area (Å²) >= 11 is 0. The van der Waals surface area contributed by atoms with Gasteiger partial charge in [-0.3, -0.25) is 0 Å². The van der Waals surface area contributed by atoms with Gasteiger partial charge in [-0.2, -0.15) is 0 Å². The van der Waals surface area contributed by atoms with E-state index in [4.69, 9.17) is 26.6 Å². The Morgan fingerprint density at radius 3 is 1.07 bits per heavy atom. The second kappa shape index (κ2) is 10.9. The fourth-order valence-electron chi connectivity index (χ4n) is 5.46. The molecule has 2 amide bonds. The van der Waals surface area contributed by atoms with Gasteiger partial charge in [0, 0.05) is 42.7 Å². The Hall–Kier alpha value is -0.536. The molecule has 2 rings (SSSR count). The lowest BCUT2D eigenvalue weighted by atomic mass is 9.93. The molecule has 2 N–H and O–H groups in total. The summed E-state index contributed by atoms with van der Waals surface area (Å²) in [5.74, 6) is 0. The Labute approximate surface area is 183 Å². The molecule has 0 aromatic rings. The van der Waals surface area contributed by atoms with Crippen LogP contribution in [0.2, 0.25) is 0 Å². The molecule has 0 aromatic carbocycles. The molecule has 0 heterocycles. The lowest BCUT2D eigenvalue weighted by Crippen LogP contribution is -2.77. The Morgan fingerprint density at radius 1 is 0.567 bits per heavy atom. The molecule has 9 nitrogen and oxygen atoms in total. The summed E-state index contributed by atoms with van der Waals surface area (Å²) < 4.78 is 34.9. The average molecular weight is 465 g/mol. The van der Waals surface area contributed by atoms with Crippen LogP contribution in [0.1, 0.15) is 64.2 Å². The minimum atomic E-state index is -3.14. The van der Waals surface area contributed by atoms with Gasteiger partial charge in [-0.05, 0) is 25.7 Å². The third kappa shape index (κ3) is 4.49. The number of nitrogens with one attached hydrogen (secondary N) is 2. The Bertz CT molecular complexity index is 484. The van der Waals surface area contributed by atoms with Crippen molar-refractivity contribution in [2.24, 2.45) is 0 Å². The number of carbonyl (C=O) groups excluding carboxylic acids is 1. The number of hydrogen-bond donors (Lipinski definition) is 2. The summed E-state index contributed by atoms with van der Waals surface area (Å²) in [5.41, 5.74) is 0. The zero-order chi connectivity index (χ0) is 22.3. The molecule has 2 aliphatic rings. The standard InChI is InChI=1S/C19H40N2O7Si2/c1-23-29(24-2,25-3)18(13-9-7-10-14-18)20-17(22)21-19(15-11-8-12-16-19)30(26-4,27-5)28-6/h7-16H2,1-6H3,(H2,20,21,22). The van der Waals surface area contributed by atoms with Gasteiger partial charge in [0.25, 0.3) is 0 Å². The lowest BCUT2D eigenvalue weighted by Gasteiger charge is -2.49. The first kappa shape index (κ1) is 25.7. The van der Waals surface area contributed by atoms with Gasteiger partial charge in [0.1, 0.15) is 10.3 Å². The lowest BCUT2D eigenvalue weighted by molar-refractivity contribution is 0.0628. The van der Waals surface area contributed by atoms with Gasteiger partial charge in [0.15, 0.2) is 0 Å². The van der Waals surface area contributed by atoms with Crippen LogP contribution in [0.3, 0.4) is 0 Å². The van der Waals surface area contributed by atoms with E-state index >= 15 is 0 Å². The molecule has 0 aliphatic heterocycles. The largest absolute Gasteiger partial charge is 0.527 e. The topological polar surface area (TPSA) is 96.5 Å². The van der Waals surface area contributed by atoms with Crippen molar-refractivity contribution in [1.82, 2.24) is 10.6 Å². The molecule has 0 saturated heterocycles. The minimum Gasteiger partial charge on any atom is -0.375 e. The number of amides is 2. The first-order valence-corrected chi connectivity index (χ1v) is 14.2. The SMILES string of the molecule is CO[Si](OC)(OC)C1(NC(=O)NC2([Si](OC)(OC)OC)CCCCC2)CCCCC1. The normalized spacial score (nSPS) is 21.8. The van der Waals surface area contributed by atoms with Crippen molar-refractivity contribution >= 4 is 23.6 Å². The molecule has 0 aromatic heterocycles. The van der Waals surface area contributed by atoms with E-state index in [1.165, 1.54) is 0 Å². The number of hydrogen-bond acceptors (Lipinski definition) is 7. The molecule has 2 fully saturated rings. The fourth-order valence-corrected chi connectivity index (χ4v) is 11.3. The monoisotopic (exact) mass is 464 g/mol. The first-order chi connectivity index (χ1) is 14.4. The van der Waals surface area contributed by atoms with E-state index in [0.717, 1.165) is 64.2 Å². The minimum absolute atomic E-state index is 0.287. The van der Waals surface area contributed by atoms with Crippen LogP contribution < -0.4 is 10.6 Å². The highest BCUT2D eigenvalue weighted by molar-refractivity contribution is 6.65. The number of rotatable bonds is 10. The highest BCUT2D eigenvalue weighted by Crippen LogP contribution is 2.39. The van der Waals surface area contributed by atoms with Crippen molar-refractivity contribution in [3.8, 4) is 0 Å². The van der Waals surface area contributed by atoms with E-state index in [0.29, 0.717) is 0 Å². The Kier molecular flexibility index (Phi) is 9.31. The summed E-state index contributed by atoms with van der Waals surface area (Å²) in [6.45, 7) is 0. The van der Waals surface area contributed by atoms with Crippen molar-refractivity contribution in [3.63, 3.8) is 0 Å². The molecule has 2 aliphatic carbocycles. The van der Waals surface area contributed by atoms with Gasteiger partial charge in [0.2, 0.25) is 0 Å². The molecule has 176 valence electrons. The van der Waals surface area contributed by atoms with E-state index < -0.39 is 27.9 Å². The summed E-state index contributed by atoms with van der Waals surface area (Å²) in [4.78, 5) is 13.5. The van der Waals surface area contributed by atoms with Gasteiger partial charge in [-0.15, -0.1) is 0 Å². The molecule has 0 radical (unpaired) electrons. The summed E-state index contributed by atoms with van der Waals surface area (Å²) in [5, 5.41) is 5.11. The summed E-state index contributed by atoms with van der Waals surface area (Å²) in [6, 6.07) is -0.287. The van der Waals surface area contributed by atoms with E-state index in [2.05, 4.69) is 10.6 Å². The van der Waals surface area contributed by atoms with Crippen LogP contribution in [0.15, 0.2) is 0 Å². The van der Waals surface area contributed by atoms with Crippen molar-refractivity contribution in [1.29, 1.82) is 0 Å². The van der Waals surface area contributed by atoms with Crippen LogP contribution in [-0.4, -0.2) is 76.6 Å². The molecular weight excluding hydrogens is 424 g/mol. The third-order valence-electron chi connectivity index (χ3n) is 6.90. The second-order valence-corrected chi connectivity index (χ2v) is 14.8. The van der Waals surface area contributed by atoms with Crippen LogP contribution in [0.25, 0.3) is 0 Å². The highest BCUT2D eigenvalue weighted by atomic mass is 28.4. The van der Waals surface area contributed by atoms with E-state index in [9.17, 15) is 4.79 Å². The maximum atomic E-state index is 13.5. The molecule has 2 saturated carbocycles. The van der Waals surface area contributed by atoms with Crippen molar-refractivity contribution < 1.29 is 31.4 Å². The smallest absolute Gasteiger partial charge is 0.375 e.